The summed E-state index contributed by atoms with van der Waals surface area (Å²) in [6.45, 7) is 4.80. The molecular weight excluding hydrogens is 356 g/mol. The summed E-state index contributed by atoms with van der Waals surface area (Å²) in [5, 5.41) is 10.4. The van der Waals surface area contributed by atoms with Gasteiger partial charge in [0.25, 0.3) is 0 Å². The molecule has 1 aromatic rings. The minimum atomic E-state index is -0.674. The number of carboxylic acids is 1. The second-order valence-electron chi connectivity index (χ2n) is 11.4. The fourth-order valence-corrected chi connectivity index (χ4v) is 8.31. The molecule has 0 amide bonds. The molecule has 4 aliphatic rings. The molecule has 8 unspecified atom stereocenters. The van der Waals surface area contributed by atoms with Gasteiger partial charge in [-0.05, 0) is 123 Å². The smallest absolute Gasteiger partial charge is 0.336 e. The molecule has 0 saturated heterocycles. The third-order valence-electron chi connectivity index (χ3n) is 9.21. The van der Waals surface area contributed by atoms with Crippen molar-refractivity contribution in [2.75, 3.05) is 0 Å². The van der Waals surface area contributed by atoms with Crippen LogP contribution in [0.25, 0.3) is 0 Å². The highest BCUT2D eigenvalue weighted by Gasteiger charge is 2.41. The van der Waals surface area contributed by atoms with Gasteiger partial charge in [-0.1, -0.05) is 32.0 Å². The number of hydrogen-bond acceptors (Lipinski definition) is 1. The SMILES string of the molecule is CC1CC2CCC(c3cccc(C4CCC5CC(C)CC4C5)c3C(=O)O)C(C1)C2. The van der Waals surface area contributed by atoms with Gasteiger partial charge in [-0.2, -0.15) is 0 Å². The molecule has 0 aliphatic heterocycles. The molecule has 2 nitrogen and oxygen atoms in total. The maximum Gasteiger partial charge on any atom is 0.336 e. The number of carbonyl (C=O) groups is 1. The minimum absolute atomic E-state index is 0.460. The van der Waals surface area contributed by atoms with Crippen LogP contribution in [0, 0.1) is 35.5 Å². The molecule has 0 spiro atoms. The highest BCUT2D eigenvalue weighted by Crippen LogP contribution is 2.53. The number of aromatic carboxylic acids is 1. The normalized spacial score (nSPS) is 41.7. The molecule has 29 heavy (non-hydrogen) atoms. The lowest BCUT2D eigenvalue weighted by molar-refractivity contribution is 0.0685. The van der Waals surface area contributed by atoms with Crippen molar-refractivity contribution in [2.24, 2.45) is 35.5 Å². The Bertz CT molecular complexity index is 710. The summed E-state index contributed by atoms with van der Waals surface area (Å²) < 4.78 is 0. The first-order chi connectivity index (χ1) is 14.0. The van der Waals surface area contributed by atoms with Gasteiger partial charge in [0.1, 0.15) is 0 Å². The van der Waals surface area contributed by atoms with Gasteiger partial charge in [-0.3, -0.25) is 0 Å². The second-order valence-corrected chi connectivity index (χ2v) is 11.4. The summed E-state index contributed by atoms with van der Waals surface area (Å²) in [5.41, 5.74) is 3.06. The van der Waals surface area contributed by atoms with Gasteiger partial charge >= 0.3 is 5.97 Å². The first-order valence-corrected chi connectivity index (χ1v) is 12.4. The number of carboxylic acid groups (broad SMARTS) is 1. The Morgan fingerprint density at radius 1 is 0.759 bits per heavy atom. The Kier molecular flexibility index (Phi) is 5.25. The van der Waals surface area contributed by atoms with E-state index in [0.717, 1.165) is 23.7 Å². The molecule has 0 heterocycles. The molecule has 158 valence electrons. The van der Waals surface area contributed by atoms with E-state index in [1.54, 1.807) is 0 Å². The van der Waals surface area contributed by atoms with Crippen LogP contribution in [0.4, 0.5) is 0 Å². The quantitative estimate of drug-likeness (QED) is 0.586. The van der Waals surface area contributed by atoms with Gasteiger partial charge in [-0.15, -0.1) is 0 Å². The molecule has 1 aromatic carbocycles. The lowest BCUT2D eigenvalue weighted by atomic mass is 9.60. The van der Waals surface area contributed by atoms with E-state index in [2.05, 4.69) is 32.0 Å². The van der Waals surface area contributed by atoms with Crippen molar-refractivity contribution in [3.8, 4) is 0 Å². The summed E-state index contributed by atoms with van der Waals surface area (Å²) >= 11 is 0. The number of benzene rings is 1. The molecule has 8 atom stereocenters. The highest BCUT2D eigenvalue weighted by molar-refractivity contribution is 5.91. The predicted octanol–water partition coefficient (Wildman–Crippen LogP) is 7.24. The van der Waals surface area contributed by atoms with Crippen molar-refractivity contribution < 1.29 is 9.90 Å². The van der Waals surface area contributed by atoms with Crippen molar-refractivity contribution in [1.29, 1.82) is 0 Å². The van der Waals surface area contributed by atoms with Crippen LogP contribution in [0.2, 0.25) is 0 Å². The van der Waals surface area contributed by atoms with Gasteiger partial charge < -0.3 is 5.11 Å². The third kappa shape index (κ3) is 3.66. The summed E-state index contributed by atoms with van der Waals surface area (Å²) in [6.07, 6.45) is 13.0. The van der Waals surface area contributed by atoms with Gasteiger partial charge in [0.05, 0.1) is 5.56 Å². The molecule has 4 saturated carbocycles. The summed E-state index contributed by atoms with van der Waals surface area (Å²) in [5.74, 6) is 5.00. The van der Waals surface area contributed by atoms with Gasteiger partial charge in [0.2, 0.25) is 0 Å². The van der Waals surface area contributed by atoms with E-state index in [0.29, 0.717) is 29.2 Å². The van der Waals surface area contributed by atoms with Crippen LogP contribution >= 0.6 is 0 Å². The van der Waals surface area contributed by atoms with Crippen LogP contribution in [-0.4, -0.2) is 11.1 Å². The van der Waals surface area contributed by atoms with Gasteiger partial charge in [0, 0.05) is 0 Å². The Morgan fingerprint density at radius 3 is 1.69 bits per heavy atom. The Hall–Kier alpha value is -1.31. The molecular formula is C27H38O2. The fraction of sp³-hybridized carbons (Fsp3) is 0.741. The summed E-state index contributed by atoms with van der Waals surface area (Å²) in [7, 11) is 0. The van der Waals surface area contributed by atoms with Crippen molar-refractivity contribution in [1.82, 2.24) is 0 Å². The van der Waals surface area contributed by atoms with Crippen LogP contribution in [0.3, 0.4) is 0 Å². The van der Waals surface area contributed by atoms with E-state index in [4.69, 9.17) is 0 Å². The average molecular weight is 395 g/mol. The first kappa shape index (κ1) is 19.6. The summed E-state index contributed by atoms with van der Waals surface area (Å²) in [4.78, 5) is 12.6. The van der Waals surface area contributed by atoms with E-state index in [-0.39, 0.29) is 0 Å². The zero-order valence-electron chi connectivity index (χ0n) is 18.3. The van der Waals surface area contributed by atoms with E-state index < -0.39 is 5.97 Å². The van der Waals surface area contributed by atoms with Crippen molar-refractivity contribution >= 4 is 5.97 Å². The lowest BCUT2D eigenvalue weighted by Gasteiger charge is -2.45. The summed E-state index contributed by atoms with van der Waals surface area (Å²) in [6, 6.07) is 6.53. The van der Waals surface area contributed by atoms with Crippen LogP contribution in [0.1, 0.15) is 111 Å². The molecule has 4 bridgehead atoms. The molecule has 2 heteroatoms. The van der Waals surface area contributed by atoms with Crippen molar-refractivity contribution in [3.63, 3.8) is 0 Å². The number of hydrogen-bond donors (Lipinski definition) is 1. The zero-order valence-corrected chi connectivity index (χ0v) is 18.3. The van der Waals surface area contributed by atoms with Crippen LogP contribution in [-0.2, 0) is 0 Å². The van der Waals surface area contributed by atoms with E-state index in [1.807, 2.05) is 0 Å². The second kappa shape index (κ2) is 7.75. The Balaban J connectivity index is 1.50. The largest absolute Gasteiger partial charge is 0.478 e. The van der Waals surface area contributed by atoms with E-state index in [1.165, 1.54) is 75.3 Å². The fourth-order valence-electron chi connectivity index (χ4n) is 8.31. The molecule has 0 aromatic heterocycles. The average Bonchev–Trinajstić information content (AvgIpc) is 2.67. The topological polar surface area (TPSA) is 37.3 Å². The van der Waals surface area contributed by atoms with Gasteiger partial charge in [-0.25, -0.2) is 4.79 Å². The zero-order chi connectivity index (χ0) is 20.1. The van der Waals surface area contributed by atoms with E-state index in [9.17, 15) is 9.90 Å². The van der Waals surface area contributed by atoms with Crippen LogP contribution < -0.4 is 0 Å². The standard InChI is InChI=1S/C27H38O2/c1-16-10-18-6-8-22(20(12-16)14-18)24-4-3-5-25(26(24)27(28)29)23-9-7-19-11-17(2)13-21(23)15-19/h3-5,16-23H,6-15H2,1-2H3,(H,28,29). The maximum absolute atomic E-state index is 12.6. The molecule has 4 fully saturated rings. The highest BCUT2D eigenvalue weighted by atomic mass is 16.4. The maximum atomic E-state index is 12.6. The number of rotatable bonds is 3. The third-order valence-corrected chi connectivity index (χ3v) is 9.21. The van der Waals surface area contributed by atoms with E-state index >= 15 is 0 Å². The number of fused-ring (bicyclic) bond motifs is 4. The van der Waals surface area contributed by atoms with Crippen LogP contribution in [0.5, 0.6) is 0 Å². The predicted molar refractivity (Wildman–Crippen MR) is 117 cm³/mol. The Morgan fingerprint density at radius 2 is 1.24 bits per heavy atom. The molecule has 0 radical (unpaired) electrons. The molecule has 5 rings (SSSR count). The van der Waals surface area contributed by atoms with Crippen LogP contribution in [0.15, 0.2) is 18.2 Å². The Labute approximate surface area is 176 Å². The van der Waals surface area contributed by atoms with Gasteiger partial charge in [0.15, 0.2) is 0 Å². The monoisotopic (exact) mass is 394 g/mol. The van der Waals surface area contributed by atoms with Crippen molar-refractivity contribution in [2.45, 2.75) is 89.9 Å². The lowest BCUT2D eigenvalue weighted by Crippen LogP contribution is -2.33. The first-order valence-electron chi connectivity index (χ1n) is 12.4. The molecule has 4 aliphatic carbocycles. The van der Waals surface area contributed by atoms with Crippen molar-refractivity contribution in [3.05, 3.63) is 34.9 Å². The molecule has 1 N–H and O–H groups in total. The minimum Gasteiger partial charge on any atom is -0.478 e.